The van der Waals surface area contributed by atoms with Crippen molar-refractivity contribution in [3.8, 4) is 0 Å². The first-order valence-electron chi connectivity index (χ1n) is 36.2. The molecule has 0 aromatic heterocycles. The average molecular weight is 1480 g/mol. The second-order valence-electron chi connectivity index (χ2n) is 29.8. The van der Waals surface area contributed by atoms with Crippen molar-refractivity contribution in [1.29, 1.82) is 0 Å². The van der Waals surface area contributed by atoms with E-state index in [-0.39, 0.29) is 75.9 Å². The molecule has 9 atom stereocenters. The SMILES string of the molecule is C=CCN1C(=O)[C@H](CC(=C)C)N(C)C(=O)CN(C)C(=O)[C@H]([C@@H](C)CC)NC(=O)[C@H](CC(C)C)N(C)C(=O)C[C@@H](C(=O)N(C)C)N(C)C(=O)[C@H](C2CCCC2)N(C)C(=O)C2(CCCC2)NC(=O)C2CCCN2C(=O)[C@H](CCc2ccc(C(F)(F)F)c(Cl)c2)NC(=O)CN(C)C(=O)[C@@H]1Cc1ccc(C)cc1. The van der Waals surface area contributed by atoms with Gasteiger partial charge in [0.15, 0.2) is 0 Å². The number of carbonyl (C=O) groups excluding carboxylic acids is 12. The normalized spacial score (nSPS) is 24.9. The van der Waals surface area contributed by atoms with Crippen LogP contribution >= 0.6 is 11.6 Å². The summed E-state index contributed by atoms with van der Waals surface area (Å²) in [5.74, 6) is -9.63. The molecule has 2 aliphatic carbocycles. The number of carbonyl (C=O) groups is 12. The Balaban J connectivity index is 1.49. The van der Waals surface area contributed by atoms with Crippen LogP contribution in [0.3, 0.4) is 0 Å². The highest BCUT2D eigenvalue weighted by molar-refractivity contribution is 6.31. The molecule has 574 valence electrons. The second kappa shape index (κ2) is 37.1. The van der Waals surface area contributed by atoms with E-state index in [4.69, 9.17) is 11.6 Å². The van der Waals surface area contributed by atoms with Gasteiger partial charge in [-0.2, -0.15) is 13.2 Å². The van der Waals surface area contributed by atoms with Crippen LogP contribution in [-0.4, -0.2) is 251 Å². The first-order valence-corrected chi connectivity index (χ1v) is 36.6. The molecule has 4 fully saturated rings. The van der Waals surface area contributed by atoms with Gasteiger partial charge < -0.3 is 60.0 Å². The minimum absolute atomic E-state index is 0.00444. The third-order valence-electron chi connectivity index (χ3n) is 21.2. The highest BCUT2D eigenvalue weighted by Gasteiger charge is 2.52. The number of hydrogen-bond acceptors (Lipinski definition) is 12. The molecular formula is C76H110ClF3N12O12. The molecule has 24 nitrogen and oxygen atoms in total. The lowest BCUT2D eigenvalue weighted by Gasteiger charge is -2.42. The number of likely N-dealkylation sites (N-methyl/N-ethyl adjacent to an activating group) is 7. The van der Waals surface area contributed by atoms with Crippen LogP contribution in [0.2, 0.25) is 5.02 Å². The summed E-state index contributed by atoms with van der Waals surface area (Å²) in [6.45, 7) is 17.2. The summed E-state index contributed by atoms with van der Waals surface area (Å²) >= 11 is 6.18. The Morgan fingerprint density at radius 2 is 1.33 bits per heavy atom. The van der Waals surface area contributed by atoms with E-state index in [0.29, 0.717) is 49.7 Å². The molecule has 0 radical (unpaired) electrons. The van der Waals surface area contributed by atoms with Crippen LogP contribution in [0.15, 0.2) is 67.3 Å². The van der Waals surface area contributed by atoms with E-state index in [9.17, 15) is 41.9 Å². The third kappa shape index (κ3) is 21.0. The molecule has 104 heavy (non-hydrogen) atoms. The zero-order chi connectivity index (χ0) is 77.6. The van der Waals surface area contributed by atoms with Gasteiger partial charge in [-0.25, -0.2) is 0 Å². The predicted octanol–water partition coefficient (Wildman–Crippen LogP) is 6.58. The zero-order valence-electron chi connectivity index (χ0n) is 63.2. The third-order valence-corrected chi connectivity index (χ3v) is 21.5. The van der Waals surface area contributed by atoms with E-state index in [1.165, 1.54) is 97.9 Å². The summed E-state index contributed by atoms with van der Waals surface area (Å²) in [6.07, 6.45) is 0.0869. The smallest absolute Gasteiger partial charge is 0.347 e. The number of fused-ring (bicyclic) bond motifs is 1. The maximum Gasteiger partial charge on any atom is 0.417 e. The number of alkyl halides is 3. The molecule has 2 aromatic rings. The van der Waals surface area contributed by atoms with Gasteiger partial charge in [-0.05, 0) is 119 Å². The van der Waals surface area contributed by atoms with Crippen molar-refractivity contribution in [2.75, 3.05) is 82.6 Å². The van der Waals surface area contributed by atoms with Crippen molar-refractivity contribution in [3.05, 3.63) is 94.5 Å². The molecule has 12 amide bonds. The van der Waals surface area contributed by atoms with Gasteiger partial charge in [-0.15, -0.1) is 13.2 Å². The Kier molecular flexibility index (Phi) is 30.1. The fourth-order valence-corrected chi connectivity index (χ4v) is 15.1. The minimum atomic E-state index is -4.78. The summed E-state index contributed by atoms with van der Waals surface area (Å²) in [6, 6.07) is -0.285. The summed E-state index contributed by atoms with van der Waals surface area (Å²) in [5, 5.41) is 8.10. The number of rotatable bonds is 15. The van der Waals surface area contributed by atoms with Gasteiger partial charge >= 0.3 is 6.18 Å². The fourth-order valence-electron chi connectivity index (χ4n) is 14.8. The quantitative estimate of drug-likeness (QED) is 0.160. The topological polar surface area (TPSA) is 270 Å². The van der Waals surface area contributed by atoms with Crippen LogP contribution in [0.4, 0.5) is 13.2 Å². The maximum atomic E-state index is 15.6. The predicted molar refractivity (Wildman–Crippen MR) is 388 cm³/mol. The van der Waals surface area contributed by atoms with Crippen molar-refractivity contribution >= 4 is 82.5 Å². The van der Waals surface area contributed by atoms with Gasteiger partial charge in [0.05, 0.1) is 30.1 Å². The number of aryl methyl sites for hydroxylation is 2. The van der Waals surface area contributed by atoms with Crippen molar-refractivity contribution < 1.29 is 70.7 Å². The molecule has 1 spiro atoms. The van der Waals surface area contributed by atoms with Crippen LogP contribution in [0.25, 0.3) is 0 Å². The van der Waals surface area contributed by atoms with Gasteiger partial charge in [-0.1, -0.05) is 119 Å². The first-order chi connectivity index (χ1) is 48.8. The highest BCUT2D eigenvalue weighted by Crippen LogP contribution is 2.38. The average Bonchev–Trinajstić information content (AvgIpc) is 1.34. The van der Waals surface area contributed by atoms with Crippen LogP contribution < -0.4 is 16.0 Å². The van der Waals surface area contributed by atoms with Crippen LogP contribution in [0.1, 0.15) is 153 Å². The number of nitrogens with zero attached hydrogens (tertiary/aromatic N) is 9. The lowest BCUT2D eigenvalue weighted by atomic mass is 9.90. The monoisotopic (exact) mass is 1470 g/mol. The number of hydrogen-bond donors (Lipinski definition) is 3. The van der Waals surface area contributed by atoms with Gasteiger partial charge in [0, 0.05) is 75.9 Å². The lowest BCUT2D eigenvalue weighted by molar-refractivity contribution is -0.156. The summed E-state index contributed by atoms with van der Waals surface area (Å²) < 4.78 is 41.8. The molecule has 0 bridgehead atoms. The van der Waals surface area contributed by atoms with E-state index in [1.54, 1.807) is 26.0 Å². The van der Waals surface area contributed by atoms with Crippen molar-refractivity contribution in [2.45, 2.75) is 211 Å². The van der Waals surface area contributed by atoms with Crippen molar-refractivity contribution in [1.82, 2.24) is 60.0 Å². The number of benzene rings is 2. The standard InChI is InChI=1S/C76H110ClF3N12O12/c1-17-37-91-60(42-51-29-27-48(7)28-30-51)70(100)85(11)44-61(93)81-55(34-32-50-31-33-53(54(77)41-50)76(78,79)80)68(98)92-38-23-26-56(92)67(97)83-75(35-21-22-36-75)74(104)90(16)65(52-24-19-20-25-52)73(103)89(15)59(69(99)84(9)10)43-62(94)87(13)57(39-46(3)4)66(96)82-64(49(8)18-2)72(102)86(12)45-63(95)88(14)58(71(91)101)40-47(5)6/h17,27-31,33,41,46,49,52,55-60,64-65H,1,5,18-26,32,34-40,42-45H2,2-4,6-16H3,(H,81,93)(H,82,96)(H,83,97)/t49-,55-,56?,57-,58-,59-,60-,64-,65-/m0/s1. The van der Waals surface area contributed by atoms with Crippen LogP contribution in [-0.2, 0) is 76.6 Å². The second-order valence-corrected chi connectivity index (χ2v) is 30.2. The fraction of sp³-hybridized carbons (Fsp3) is 0.632. The molecule has 2 heterocycles. The molecular weight excluding hydrogens is 1370 g/mol. The summed E-state index contributed by atoms with van der Waals surface area (Å²) in [7, 11) is 11.3. The molecule has 1 unspecified atom stereocenters. The highest BCUT2D eigenvalue weighted by atomic mass is 35.5. The van der Waals surface area contributed by atoms with E-state index in [2.05, 4.69) is 29.1 Å². The Hall–Kier alpha value is -8.36. The van der Waals surface area contributed by atoms with Gasteiger partial charge in [0.25, 0.3) is 0 Å². The van der Waals surface area contributed by atoms with Crippen LogP contribution in [0.5, 0.6) is 0 Å². The number of amides is 12. The molecule has 3 N–H and O–H groups in total. The molecule has 6 rings (SSSR count). The Morgan fingerprint density at radius 3 is 1.89 bits per heavy atom. The molecule has 4 aliphatic rings. The molecule has 2 saturated heterocycles. The molecule has 2 saturated carbocycles. The van der Waals surface area contributed by atoms with Crippen molar-refractivity contribution in [2.24, 2.45) is 17.8 Å². The first kappa shape index (κ1) is 84.6. The van der Waals surface area contributed by atoms with E-state index >= 15 is 28.8 Å². The van der Waals surface area contributed by atoms with Crippen molar-refractivity contribution in [3.63, 3.8) is 0 Å². The van der Waals surface area contributed by atoms with Crippen LogP contribution in [0, 0.1) is 24.7 Å². The molecule has 28 heteroatoms. The Morgan fingerprint density at radius 1 is 0.721 bits per heavy atom. The zero-order valence-corrected chi connectivity index (χ0v) is 63.9. The lowest BCUT2D eigenvalue weighted by Crippen LogP contribution is -2.65. The molecule has 2 aliphatic heterocycles. The van der Waals surface area contributed by atoms with E-state index in [0.717, 1.165) is 45.2 Å². The van der Waals surface area contributed by atoms with Gasteiger partial charge in [0.2, 0.25) is 70.9 Å². The number of nitrogens with one attached hydrogen (secondary N) is 3. The number of halogens is 4. The van der Waals surface area contributed by atoms with Gasteiger partial charge in [0.1, 0.15) is 53.9 Å². The maximum absolute atomic E-state index is 15.6. The van der Waals surface area contributed by atoms with E-state index < -0.39 is 173 Å². The minimum Gasteiger partial charge on any atom is -0.347 e. The van der Waals surface area contributed by atoms with E-state index in [1.807, 2.05) is 39.8 Å². The largest absolute Gasteiger partial charge is 0.417 e. The summed E-state index contributed by atoms with van der Waals surface area (Å²) in [5.41, 5.74) is -0.446. The molecule has 2 aromatic carbocycles. The Bertz CT molecular complexity index is 3490. The van der Waals surface area contributed by atoms with Gasteiger partial charge in [-0.3, -0.25) is 57.5 Å². The Labute approximate surface area is 616 Å². The summed E-state index contributed by atoms with van der Waals surface area (Å²) in [4.78, 5) is 192.